The molecule has 0 aliphatic heterocycles. The third kappa shape index (κ3) is 5.36. The number of fused-ring (bicyclic) bond motifs is 1. The van der Waals surface area contributed by atoms with Gasteiger partial charge in [-0.1, -0.05) is 45.0 Å². The summed E-state index contributed by atoms with van der Waals surface area (Å²) >= 11 is 0. The van der Waals surface area contributed by atoms with E-state index in [0.29, 0.717) is 17.9 Å². The van der Waals surface area contributed by atoms with Crippen molar-refractivity contribution in [1.29, 1.82) is 0 Å². The van der Waals surface area contributed by atoms with Crippen LogP contribution in [0.1, 0.15) is 69.2 Å². The number of benzene rings is 3. The molecular weight excluding hydrogens is 467 g/mol. The van der Waals surface area contributed by atoms with E-state index in [4.69, 9.17) is 14.2 Å². The first kappa shape index (κ1) is 26.7. The van der Waals surface area contributed by atoms with Gasteiger partial charge in [0.2, 0.25) is 0 Å². The van der Waals surface area contributed by atoms with Crippen LogP contribution in [0, 0.1) is 11.2 Å². The molecule has 0 spiro atoms. The van der Waals surface area contributed by atoms with Crippen LogP contribution in [0.3, 0.4) is 0 Å². The Hall–Kier alpha value is -3.34. The Morgan fingerprint density at radius 2 is 1.65 bits per heavy atom. The van der Waals surface area contributed by atoms with Crippen LogP contribution in [0.15, 0.2) is 54.6 Å². The minimum atomic E-state index is -0.606. The largest absolute Gasteiger partial charge is 0.497 e. The van der Waals surface area contributed by atoms with Gasteiger partial charge in [-0.05, 0) is 90.3 Å². The molecule has 0 amide bonds. The molecule has 0 aromatic heterocycles. The van der Waals surface area contributed by atoms with Crippen LogP contribution in [0.4, 0.5) is 4.39 Å². The van der Waals surface area contributed by atoms with Crippen LogP contribution in [-0.2, 0) is 28.0 Å². The first-order valence-electron chi connectivity index (χ1n) is 12.8. The van der Waals surface area contributed by atoms with Gasteiger partial charge in [-0.15, -0.1) is 0 Å². The third-order valence-electron chi connectivity index (χ3n) is 7.54. The average molecular weight is 505 g/mol. The summed E-state index contributed by atoms with van der Waals surface area (Å²) in [5.74, 6) is 1.00. The second-order valence-corrected chi connectivity index (χ2v) is 11.4. The van der Waals surface area contributed by atoms with Crippen molar-refractivity contribution in [1.82, 2.24) is 0 Å². The van der Waals surface area contributed by atoms with Gasteiger partial charge < -0.3 is 14.2 Å². The van der Waals surface area contributed by atoms with Crippen molar-refractivity contribution in [2.24, 2.45) is 5.41 Å². The van der Waals surface area contributed by atoms with Crippen LogP contribution in [0.2, 0.25) is 0 Å². The highest BCUT2D eigenvalue weighted by Gasteiger charge is 2.42. The van der Waals surface area contributed by atoms with Crippen LogP contribution in [0.25, 0.3) is 11.1 Å². The van der Waals surface area contributed by atoms with Gasteiger partial charge in [0.25, 0.3) is 0 Å². The molecule has 3 aromatic rings. The lowest BCUT2D eigenvalue weighted by Gasteiger charge is -2.29. The van der Waals surface area contributed by atoms with Gasteiger partial charge in [0.1, 0.15) is 23.9 Å². The van der Waals surface area contributed by atoms with Crippen molar-refractivity contribution in [3.8, 4) is 22.6 Å². The highest BCUT2D eigenvalue weighted by atomic mass is 19.1. The summed E-state index contributed by atoms with van der Waals surface area (Å²) in [6, 6.07) is 17.0. The molecule has 5 heteroatoms. The molecule has 0 bridgehead atoms. The molecule has 4 rings (SSSR count). The molecule has 1 atom stereocenters. The zero-order chi connectivity index (χ0) is 27.0. The molecule has 0 saturated carbocycles. The van der Waals surface area contributed by atoms with E-state index < -0.39 is 5.41 Å². The summed E-state index contributed by atoms with van der Waals surface area (Å²) in [6.07, 6.45) is 1.86. The zero-order valence-electron chi connectivity index (χ0n) is 22.9. The van der Waals surface area contributed by atoms with Crippen molar-refractivity contribution in [3.63, 3.8) is 0 Å². The zero-order valence-corrected chi connectivity index (χ0v) is 22.9. The Morgan fingerprint density at radius 3 is 2.32 bits per heavy atom. The lowest BCUT2D eigenvalue weighted by atomic mass is 9.75. The molecule has 0 N–H and O–H groups in total. The normalized spacial score (nSPS) is 15.3. The third-order valence-corrected chi connectivity index (χ3v) is 7.54. The summed E-state index contributed by atoms with van der Waals surface area (Å²) in [6.45, 7) is 10.7. The van der Waals surface area contributed by atoms with E-state index >= 15 is 0 Å². The molecule has 196 valence electrons. The van der Waals surface area contributed by atoms with Crippen molar-refractivity contribution < 1.29 is 23.4 Å². The Bertz CT molecular complexity index is 1300. The lowest BCUT2D eigenvalue weighted by molar-refractivity contribution is -0.152. The number of hydrogen-bond donors (Lipinski definition) is 0. The molecular formula is C32H37FO4. The number of rotatable bonds is 7. The second-order valence-electron chi connectivity index (χ2n) is 11.4. The van der Waals surface area contributed by atoms with Crippen molar-refractivity contribution in [2.75, 3.05) is 14.2 Å². The lowest BCUT2D eigenvalue weighted by Crippen LogP contribution is -2.31. The number of hydrogen-bond acceptors (Lipinski definition) is 4. The number of halogens is 1. The topological polar surface area (TPSA) is 44.8 Å². The summed E-state index contributed by atoms with van der Waals surface area (Å²) in [7, 11) is 3.03. The van der Waals surface area contributed by atoms with Crippen LogP contribution >= 0.6 is 0 Å². The van der Waals surface area contributed by atoms with Crippen molar-refractivity contribution in [3.05, 3.63) is 82.7 Å². The smallest absolute Gasteiger partial charge is 0.311 e. The summed E-state index contributed by atoms with van der Waals surface area (Å²) < 4.78 is 31.5. The highest BCUT2D eigenvalue weighted by Crippen LogP contribution is 2.47. The van der Waals surface area contributed by atoms with Crippen LogP contribution < -0.4 is 9.47 Å². The van der Waals surface area contributed by atoms with Gasteiger partial charge in [0.15, 0.2) is 0 Å². The molecule has 0 unspecified atom stereocenters. The number of ether oxygens (including phenoxy) is 3. The molecule has 0 heterocycles. The molecule has 3 aromatic carbocycles. The molecule has 1 aliphatic carbocycles. The Balaban J connectivity index is 1.60. The van der Waals surface area contributed by atoms with E-state index in [1.165, 1.54) is 18.7 Å². The minimum absolute atomic E-state index is 0.0861. The maximum Gasteiger partial charge on any atom is 0.311 e. The second kappa shape index (κ2) is 10.2. The predicted octanol–water partition coefficient (Wildman–Crippen LogP) is 7.61. The summed E-state index contributed by atoms with van der Waals surface area (Å²) in [4.78, 5) is 12.4. The van der Waals surface area contributed by atoms with Gasteiger partial charge in [0.05, 0.1) is 19.6 Å². The minimum Gasteiger partial charge on any atom is -0.497 e. The van der Waals surface area contributed by atoms with E-state index in [0.717, 1.165) is 40.8 Å². The first-order chi connectivity index (χ1) is 17.5. The fraction of sp³-hybridized carbons (Fsp3) is 0.406. The van der Waals surface area contributed by atoms with E-state index in [1.807, 2.05) is 32.0 Å². The van der Waals surface area contributed by atoms with Gasteiger partial charge in [-0.25, -0.2) is 4.39 Å². The van der Waals surface area contributed by atoms with E-state index in [9.17, 15) is 9.18 Å². The number of aryl methyl sites for hydroxylation is 1. The van der Waals surface area contributed by atoms with Crippen molar-refractivity contribution >= 4 is 5.97 Å². The first-order valence-corrected chi connectivity index (χ1v) is 12.8. The molecule has 37 heavy (non-hydrogen) atoms. The Morgan fingerprint density at radius 1 is 0.919 bits per heavy atom. The molecule has 0 radical (unpaired) electrons. The standard InChI is InChI=1S/C32H37FO4/c1-31(2,3)28-16-20(8-13-24(28)26-17-22(35-6)12-15-29(26)33)19-37-23-11-9-21-10-14-27(25(21)18-23)32(4,5)30(34)36-7/h8-9,11-13,15-18,27H,10,14,19H2,1-7H3/t27-/m1/s1. The van der Waals surface area contributed by atoms with E-state index in [2.05, 4.69) is 39.0 Å². The fourth-order valence-corrected chi connectivity index (χ4v) is 5.37. The monoisotopic (exact) mass is 504 g/mol. The molecule has 0 saturated heterocycles. The SMILES string of the molecule is COC(=O)C(C)(C)[C@@H]1CCc2ccc(OCc3ccc(-c4cc(OC)ccc4F)c(C(C)(C)C)c3)cc21. The van der Waals surface area contributed by atoms with Crippen LogP contribution in [-0.4, -0.2) is 20.2 Å². The average Bonchev–Trinajstić information content (AvgIpc) is 3.31. The number of methoxy groups -OCH3 is 2. The maximum atomic E-state index is 14.8. The number of carbonyl (C=O) groups excluding carboxylic acids is 1. The molecule has 4 nitrogen and oxygen atoms in total. The molecule has 1 aliphatic rings. The number of carbonyl (C=O) groups is 1. The quantitative estimate of drug-likeness (QED) is 0.311. The van der Waals surface area contributed by atoms with Gasteiger partial charge in [0, 0.05) is 11.5 Å². The Labute approximate surface area is 219 Å². The number of esters is 1. The predicted molar refractivity (Wildman–Crippen MR) is 145 cm³/mol. The fourth-order valence-electron chi connectivity index (χ4n) is 5.37. The molecule has 0 fully saturated rings. The summed E-state index contributed by atoms with van der Waals surface area (Å²) in [5.41, 5.74) is 5.01. The van der Waals surface area contributed by atoms with E-state index in [-0.39, 0.29) is 23.1 Å². The van der Waals surface area contributed by atoms with Crippen LogP contribution in [0.5, 0.6) is 11.5 Å². The summed E-state index contributed by atoms with van der Waals surface area (Å²) in [5, 5.41) is 0. The van der Waals surface area contributed by atoms with Gasteiger partial charge in [-0.3, -0.25) is 4.79 Å². The maximum absolute atomic E-state index is 14.8. The van der Waals surface area contributed by atoms with Gasteiger partial charge in [-0.2, -0.15) is 0 Å². The van der Waals surface area contributed by atoms with E-state index in [1.54, 1.807) is 19.2 Å². The van der Waals surface area contributed by atoms with Gasteiger partial charge >= 0.3 is 5.97 Å². The Kier molecular flexibility index (Phi) is 7.36. The van der Waals surface area contributed by atoms with Crippen molar-refractivity contribution in [2.45, 2.75) is 65.4 Å². The highest BCUT2D eigenvalue weighted by molar-refractivity contribution is 5.77.